The Bertz CT molecular complexity index is 1010. The van der Waals surface area contributed by atoms with Gasteiger partial charge in [0.2, 0.25) is 0 Å². The highest BCUT2D eigenvalue weighted by Crippen LogP contribution is 2.45. The van der Waals surface area contributed by atoms with Crippen molar-refractivity contribution < 1.29 is 9.47 Å². The lowest BCUT2D eigenvalue weighted by Crippen LogP contribution is -2.17. The van der Waals surface area contributed by atoms with Crippen LogP contribution in [0.3, 0.4) is 0 Å². The molecule has 0 saturated carbocycles. The van der Waals surface area contributed by atoms with E-state index >= 15 is 0 Å². The van der Waals surface area contributed by atoms with Gasteiger partial charge in [0.25, 0.3) is 0 Å². The van der Waals surface area contributed by atoms with Crippen molar-refractivity contribution in [1.29, 1.82) is 0 Å². The fourth-order valence-corrected chi connectivity index (χ4v) is 4.10. The Balaban J connectivity index is 1.89. The van der Waals surface area contributed by atoms with Crippen LogP contribution in [0.25, 0.3) is 11.0 Å². The lowest BCUT2D eigenvalue weighted by atomic mass is 10.1. The summed E-state index contributed by atoms with van der Waals surface area (Å²) in [6.45, 7) is 7.22. The van der Waals surface area contributed by atoms with Crippen molar-refractivity contribution >= 4 is 22.5 Å². The fraction of sp³-hybridized carbons (Fsp3) is 0.476. The number of hydrogen-bond acceptors (Lipinski definition) is 6. The Morgan fingerprint density at radius 3 is 2.57 bits per heavy atom. The van der Waals surface area contributed by atoms with Crippen LogP contribution in [0.2, 0.25) is 0 Å². The van der Waals surface area contributed by atoms with E-state index in [1.807, 2.05) is 13.0 Å². The molecular weight excluding hydrogens is 354 g/mol. The number of methoxy groups -OCH3 is 2. The molecule has 148 valence electrons. The number of fused-ring (bicyclic) bond motifs is 2. The van der Waals surface area contributed by atoms with E-state index in [1.54, 1.807) is 14.2 Å². The Kier molecular flexibility index (Phi) is 4.83. The minimum Gasteiger partial charge on any atom is -0.497 e. The van der Waals surface area contributed by atoms with Crippen molar-refractivity contribution in [3.8, 4) is 11.5 Å². The first-order chi connectivity index (χ1) is 13.6. The number of rotatable bonds is 6. The molecule has 0 saturated heterocycles. The Morgan fingerprint density at radius 2 is 1.89 bits per heavy atom. The number of ether oxygens (including phenoxy) is 2. The summed E-state index contributed by atoms with van der Waals surface area (Å²) in [5.74, 6) is 2.43. The maximum atomic E-state index is 5.68. The molecule has 0 spiro atoms. The van der Waals surface area contributed by atoms with Crippen LogP contribution in [0.4, 0.5) is 11.5 Å². The van der Waals surface area contributed by atoms with E-state index in [9.17, 15) is 0 Å². The number of benzene rings is 1. The quantitative estimate of drug-likeness (QED) is 0.637. The van der Waals surface area contributed by atoms with Gasteiger partial charge in [-0.2, -0.15) is 0 Å². The normalized spacial score (nSPS) is 13.4. The summed E-state index contributed by atoms with van der Waals surface area (Å²) in [6, 6.07) is 6.42. The van der Waals surface area contributed by atoms with E-state index in [4.69, 9.17) is 14.5 Å². The van der Waals surface area contributed by atoms with Gasteiger partial charge >= 0.3 is 0 Å². The Hall–Kier alpha value is -2.83. The van der Waals surface area contributed by atoms with E-state index in [2.05, 4.69) is 45.9 Å². The number of anilines is 2. The maximum absolute atomic E-state index is 5.68. The summed E-state index contributed by atoms with van der Waals surface area (Å²) < 4.78 is 13.2. The van der Waals surface area contributed by atoms with Crippen molar-refractivity contribution in [1.82, 2.24) is 20.0 Å². The van der Waals surface area contributed by atoms with Crippen molar-refractivity contribution in [2.45, 2.75) is 46.1 Å². The van der Waals surface area contributed by atoms with Gasteiger partial charge < -0.3 is 14.4 Å². The molecule has 1 aromatic carbocycles. The molecule has 7 heteroatoms. The van der Waals surface area contributed by atoms with Crippen molar-refractivity contribution in [3.05, 3.63) is 29.5 Å². The molecule has 0 atom stereocenters. The summed E-state index contributed by atoms with van der Waals surface area (Å²) in [5.41, 5.74) is 5.07. The van der Waals surface area contributed by atoms with Crippen LogP contribution in [0, 0.1) is 6.92 Å². The highest BCUT2D eigenvalue weighted by molar-refractivity contribution is 5.91. The zero-order chi connectivity index (χ0) is 19.8. The maximum Gasteiger partial charge on any atom is 0.163 e. The highest BCUT2D eigenvalue weighted by atomic mass is 16.5. The summed E-state index contributed by atoms with van der Waals surface area (Å²) in [4.78, 5) is 7.05. The molecule has 3 heterocycles. The highest BCUT2D eigenvalue weighted by Gasteiger charge is 2.29. The number of nitrogens with zero attached hydrogens (tertiary/aromatic N) is 5. The summed E-state index contributed by atoms with van der Waals surface area (Å²) in [6.07, 6.45) is 2.94. The van der Waals surface area contributed by atoms with Crippen molar-refractivity contribution in [2.24, 2.45) is 0 Å². The van der Waals surface area contributed by atoms with Crippen LogP contribution in [0.5, 0.6) is 11.5 Å². The van der Waals surface area contributed by atoms with Crippen LogP contribution in [-0.4, -0.2) is 40.7 Å². The molecule has 0 amide bonds. The minimum atomic E-state index is 0.337. The van der Waals surface area contributed by atoms with Crippen LogP contribution in [-0.2, 0) is 6.42 Å². The van der Waals surface area contributed by atoms with E-state index in [-0.39, 0.29) is 0 Å². The molecule has 0 radical (unpaired) electrons. The molecule has 7 nitrogen and oxygen atoms in total. The van der Waals surface area contributed by atoms with E-state index < -0.39 is 0 Å². The van der Waals surface area contributed by atoms with Gasteiger partial charge in [-0.1, -0.05) is 19.1 Å². The standard InChI is InChI=1S/C21H27N5O2/c1-6-15(7-2)26-17-10-13(3)22-21(19(17)23-24-26)25-9-8-14-11-16(27-4)12-18(28-5)20(14)25/h10-12,15H,6-9H2,1-5H3. The molecule has 0 fully saturated rings. The molecule has 1 aliphatic rings. The summed E-state index contributed by atoms with van der Waals surface area (Å²) in [7, 11) is 3.36. The van der Waals surface area contributed by atoms with Gasteiger partial charge in [0.1, 0.15) is 11.5 Å². The largest absolute Gasteiger partial charge is 0.497 e. The minimum absolute atomic E-state index is 0.337. The second kappa shape index (κ2) is 7.30. The van der Waals surface area contributed by atoms with Gasteiger partial charge in [0.15, 0.2) is 11.3 Å². The van der Waals surface area contributed by atoms with Gasteiger partial charge in [0, 0.05) is 18.3 Å². The smallest absolute Gasteiger partial charge is 0.163 e. The predicted molar refractivity (Wildman–Crippen MR) is 110 cm³/mol. The van der Waals surface area contributed by atoms with Gasteiger partial charge in [-0.25, -0.2) is 9.67 Å². The number of aryl methyl sites for hydroxylation is 1. The van der Waals surface area contributed by atoms with Gasteiger partial charge in [-0.3, -0.25) is 0 Å². The summed E-state index contributed by atoms with van der Waals surface area (Å²) >= 11 is 0. The molecule has 2 aromatic heterocycles. The lowest BCUT2D eigenvalue weighted by molar-refractivity contribution is 0.395. The van der Waals surface area contributed by atoms with Gasteiger partial charge in [0.05, 0.1) is 31.5 Å². The third kappa shape index (κ3) is 2.85. The molecule has 3 aromatic rings. The second-order valence-electron chi connectivity index (χ2n) is 7.20. The van der Waals surface area contributed by atoms with E-state index in [1.165, 1.54) is 5.56 Å². The second-order valence-corrected chi connectivity index (χ2v) is 7.20. The lowest BCUT2D eigenvalue weighted by Gasteiger charge is -2.22. The van der Waals surface area contributed by atoms with Crippen LogP contribution < -0.4 is 14.4 Å². The van der Waals surface area contributed by atoms with E-state index in [0.29, 0.717) is 6.04 Å². The Labute approximate surface area is 165 Å². The number of pyridine rings is 1. The SMILES string of the molecule is CCC(CC)n1nnc2c(N3CCc4cc(OC)cc(OC)c43)nc(C)cc21. The number of aromatic nitrogens is 4. The van der Waals surface area contributed by atoms with Crippen molar-refractivity contribution in [2.75, 3.05) is 25.7 Å². The first kappa shape index (κ1) is 18.5. The average molecular weight is 381 g/mol. The van der Waals surface area contributed by atoms with Gasteiger partial charge in [-0.05, 0) is 43.9 Å². The third-order valence-electron chi connectivity index (χ3n) is 5.57. The molecule has 0 N–H and O–H groups in total. The van der Waals surface area contributed by atoms with Crippen LogP contribution in [0.15, 0.2) is 18.2 Å². The zero-order valence-electron chi connectivity index (χ0n) is 17.2. The molecule has 0 bridgehead atoms. The zero-order valence-corrected chi connectivity index (χ0v) is 17.2. The van der Waals surface area contributed by atoms with Gasteiger partial charge in [-0.15, -0.1) is 5.10 Å². The predicted octanol–water partition coefficient (Wildman–Crippen LogP) is 4.21. The molecule has 1 aliphatic heterocycles. The van der Waals surface area contributed by atoms with Crippen molar-refractivity contribution in [3.63, 3.8) is 0 Å². The molecular formula is C21H27N5O2. The van der Waals surface area contributed by atoms with E-state index in [0.717, 1.165) is 65.5 Å². The fourth-order valence-electron chi connectivity index (χ4n) is 4.10. The average Bonchev–Trinajstić information content (AvgIpc) is 3.32. The first-order valence-corrected chi connectivity index (χ1v) is 9.86. The third-order valence-corrected chi connectivity index (χ3v) is 5.57. The first-order valence-electron chi connectivity index (χ1n) is 9.86. The van der Waals surface area contributed by atoms with Crippen LogP contribution in [0.1, 0.15) is 44.0 Å². The summed E-state index contributed by atoms with van der Waals surface area (Å²) in [5, 5.41) is 9.01. The molecule has 0 aliphatic carbocycles. The number of hydrogen-bond donors (Lipinski definition) is 0. The molecule has 4 rings (SSSR count). The molecule has 28 heavy (non-hydrogen) atoms. The van der Waals surface area contributed by atoms with Crippen LogP contribution >= 0.6 is 0 Å². The monoisotopic (exact) mass is 381 g/mol. The topological polar surface area (TPSA) is 65.3 Å². The Morgan fingerprint density at radius 1 is 1.11 bits per heavy atom. The molecule has 0 unspecified atom stereocenters.